The molecule has 0 aliphatic heterocycles. The third-order valence-corrected chi connectivity index (χ3v) is 9.71. The Morgan fingerprint density at radius 3 is 2.44 bits per heavy atom. The maximum Gasteiger partial charge on any atom is 0.306 e. The fraction of sp³-hybridized carbons (Fsp3) is 0.731. The Morgan fingerprint density at radius 1 is 1.12 bits per heavy atom. The van der Waals surface area contributed by atoms with Gasteiger partial charge in [0.15, 0.2) is 0 Å². The summed E-state index contributed by atoms with van der Waals surface area (Å²) in [5, 5.41) is 27.7. The molecule has 5 aliphatic carbocycles. The predicted octanol–water partition coefficient (Wildman–Crippen LogP) is 4.31. The third kappa shape index (κ3) is 4.94. The number of nitrogens with one attached hydrogen (secondary N) is 2. The number of aromatic nitrogens is 1. The normalized spacial score (nSPS) is 36.3. The minimum Gasteiger partial charge on any atom is -0.481 e. The van der Waals surface area contributed by atoms with Crippen molar-refractivity contribution in [2.45, 2.75) is 93.8 Å². The van der Waals surface area contributed by atoms with E-state index < -0.39 is 11.6 Å². The molecular formula is C26H37N3O4S. The fourth-order valence-corrected chi connectivity index (χ4v) is 8.02. The molecule has 7 nitrogen and oxygen atoms in total. The van der Waals surface area contributed by atoms with Gasteiger partial charge in [0, 0.05) is 12.1 Å². The number of hydrogen-bond acceptors (Lipinski definition) is 6. The van der Waals surface area contributed by atoms with Gasteiger partial charge >= 0.3 is 5.97 Å². The zero-order valence-electron chi connectivity index (χ0n) is 20.0. The second-order valence-electron chi connectivity index (χ2n) is 11.1. The number of carbonyl (C=O) groups is 2. The van der Waals surface area contributed by atoms with E-state index in [0.717, 1.165) is 68.0 Å². The first kappa shape index (κ1) is 23.9. The first-order chi connectivity index (χ1) is 16.3. The summed E-state index contributed by atoms with van der Waals surface area (Å²) in [7, 11) is 0. The molecule has 2 atom stereocenters. The second-order valence-corrected chi connectivity index (χ2v) is 12.2. The van der Waals surface area contributed by atoms with E-state index >= 15 is 0 Å². The molecule has 186 valence electrons. The van der Waals surface area contributed by atoms with Crippen LogP contribution >= 0.6 is 11.8 Å². The Kier molecular flexibility index (Phi) is 6.81. The SMILES string of the molecule is CCCSc1nc(NC2CCC(C(=O)O)CC2)ccc1C(=O)N[C@H]1C2CC3CC1C[C@](O)(C3)C2. The zero-order valence-corrected chi connectivity index (χ0v) is 20.8. The lowest BCUT2D eigenvalue weighted by molar-refractivity contribution is -0.142. The largest absolute Gasteiger partial charge is 0.481 e. The summed E-state index contributed by atoms with van der Waals surface area (Å²) in [6.45, 7) is 2.12. The van der Waals surface area contributed by atoms with E-state index in [9.17, 15) is 19.8 Å². The molecule has 5 fully saturated rings. The van der Waals surface area contributed by atoms with Crippen LogP contribution in [0.5, 0.6) is 0 Å². The molecule has 0 saturated heterocycles. The van der Waals surface area contributed by atoms with Gasteiger partial charge in [0.05, 0.1) is 17.1 Å². The molecule has 1 heterocycles. The van der Waals surface area contributed by atoms with Crippen LogP contribution in [0.15, 0.2) is 17.2 Å². The fourth-order valence-electron chi connectivity index (χ4n) is 7.14. The van der Waals surface area contributed by atoms with Crippen molar-refractivity contribution < 1.29 is 19.8 Å². The number of hydrogen-bond donors (Lipinski definition) is 4. The van der Waals surface area contributed by atoms with Crippen LogP contribution in [-0.4, -0.2) is 50.5 Å². The summed E-state index contributed by atoms with van der Waals surface area (Å²) in [5.41, 5.74) is 0.129. The molecule has 5 saturated carbocycles. The second kappa shape index (κ2) is 9.69. The summed E-state index contributed by atoms with van der Waals surface area (Å²) in [4.78, 5) is 29.4. The monoisotopic (exact) mass is 487 g/mol. The van der Waals surface area contributed by atoms with Crippen LogP contribution < -0.4 is 10.6 Å². The van der Waals surface area contributed by atoms with E-state index in [2.05, 4.69) is 17.6 Å². The number of pyridine rings is 1. The maximum absolute atomic E-state index is 13.4. The van der Waals surface area contributed by atoms with Crippen molar-refractivity contribution in [2.24, 2.45) is 23.7 Å². The Bertz CT molecular complexity index is 917. The number of carboxylic acid groups (broad SMARTS) is 1. The van der Waals surface area contributed by atoms with Gasteiger partial charge in [0.25, 0.3) is 5.91 Å². The van der Waals surface area contributed by atoms with E-state index in [1.807, 2.05) is 12.1 Å². The van der Waals surface area contributed by atoms with Crippen molar-refractivity contribution in [3.8, 4) is 0 Å². The molecule has 0 radical (unpaired) electrons. The van der Waals surface area contributed by atoms with Gasteiger partial charge in [0.2, 0.25) is 0 Å². The molecule has 1 amide bonds. The van der Waals surface area contributed by atoms with E-state index in [-0.39, 0.29) is 23.9 Å². The van der Waals surface area contributed by atoms with E-state index in [1.54, 1.807) is 11.8 Å². The number of carboxylic acids is 1. The van der Waals surface area contributed by atoms with Crippen LogP contribution in [0.25, 0.3) is 0 Å². The molecular weight excluding hydrogens is 450 g/mol. The summed E-state index contributed by atoms with van der Waals surface area (Å²) in [6, 6.07) is 4.13. The lowest BCUT2D eigenvalue weighted by Gasteiger charge is -2.58. The molecule has 2 unspecified atom stereocenters. The van der Waals surface area contributed by atoms with Crippen LogP contribution in [0.4, 0.5) is 5.82 Å². The van der Waals surface area contributed by atoms with E-state index in [0.29, 0.717) is 36.2 Å². The number of aliphatic carboxylic acids is 1. The van der Waals surface area contributed by atoms with Crippen molar-refractivity contribution in [3.63, 3.8) is 0 Å². The van der Waals surface area contributed by atoms with Crippen LogP contribution in [0.1, 0.15) is 81.5 Å². The highest BCUT2D eigenvalue weighted by Gasteiger charge is 2.55. The number of anilines is 1. The van der Waals surface area contributed by atoms with Crippen molar-refractivity contribution in [2.75, 3.05) is 11.1 Å². The van der Waals surface area contributed by atoms with Gasteiger partial charge in [-0.1, -0.05) is 6.92 Å². The van der Waals surface area contributed by atoms with Gasteiger partial charge in [-0.05, 0) is 99.8 Å². The molecule has 8 heteroatoms. The maximum atomic E-state index is 13.4. The number of nitrogens with zero attached hydrogens (tertiary/aromatic N) is 1. The molecule has 1 aromatic heterocycles. The average molecular weight is 488 g/mol. The van der Waals surface area contributed by atoms with Crippen molar-refractivity contribution in [3.05, 3.63) is 17.7 Å². The molecule has 34 heavy (non-hydrogen) atoms. The summed E-state index contributed by atoms with van der Waals surface area (Å²) in [6.07, 6.45) is 8.80. The molecule has 6 rings (SSSR count). The lowest BCUT2D eigenvalue weighted by Crippen LogP contribution is -2.61. The molecule has 4 N–H and O–H groups in total. The zero-order chi connectivity index (χ0) is 23.9. The quantitative estimate of drug-likeness (QED) is 0.404. The molecule has 0 spiro atoms. The summed E-state index contributed by atoms with van der Waals surface area (Å²) < 4.78 is 0. The average Bonchev–Trinajstić information content (AvgIpc) is 2.79. The van der Waals surface area contributed by atoms with Crippen molar-refractivity contribution >= 4 is 29.5 Å². The first-order valence-corrected chi connectivity index (χ1v) is 14.0. The Labute approximate surface area is 205 Å². The highest BCUT2D eigenvalue weighted by atomic mass is 32.2. The van der Waals surface area contributed by atoms with Crippen molar-refractivity contribution in [1.82, 2.24) is 10.3 Å². The minimum absolute atomic E-state index is 0.0518. The number of thioether (sulfide) groups is 1. The van der Waals surface area contributed by atoms with Crippen LogP contribution in [0.3, 0.4) is 0 Å². The number of carbonyl (C=O) groups excluding carboxylic acids is 1. The topological polar surface area (TPSA) is 112 Å². The van der Waals surface area contributed by atoms with Gasteiger partial charge in [0.1, 0.15) is 10.8 Å². The Morgan fingerprint density at radius 2 is 1.82 bits per heavy atom. The smallest absolute Gasteiger partial charge is 0.306 e. The van der Waals surface area contributed by atoms with Crippen LogP contribution in [-0.2, 0) is 4.79 Å². The van der Waals surface area contributed by atoms with Gasteiger partial charge < -0.3 is 20.8 Å². The molecule has 1 aromatic rings. The van der Waals surface area contributed by atoms with Crippen molar-refractivity contribution in [1.29, 1.82) is 0 Å². The first-order valence-electron chi connectivity index (χ1n) is 13.0. The minimum atomic E-state index is -0.696. The van der Waals surface area contributed by atoms with Gasteiger partial charge in [-0.15, -0.1) is 11.8 Å². The Hall–Kier alpha value is -1.80. The summed E-state index contributed by atoms with van der Waals surface area (Å²) in [5.74, 6) is 2.03. The van der Waals surface area contributed by atoms with Crippen LogP contribution in [0, 0.1) is 23.7 Å². The van der Waals surface area contributed by atoms with Gasteiger partial charge in [-0.25, -0.2) is 4.98 Å². The molecule has 0 aromatic carbocycles. The van der Waals surface area contributed by atoms with E-state index in [4.69, 9.17) is 4.98 Å². The number of aliphatic hydroxyl groups is 1. The van der Waals surface area contributed by atoms with Crippen LogP contribution in [0.2, 0.25) is 0 Å². The highest BCUT2D eigenvalue weighted by Crippen LogP contribution is 2.55. The predicted molar refractivity (Wildman–Crippen MR) is 132 cm³/mol. The standard InChI is InChI=1S/C26H37N3O4S/c1-2-9-34-24-20(7-8-21(28-24)27-19-5-3-16(4-6-19)25(31)32)23(30)29-22-17-10-15-11-18(22)14-26(33,12-15)13-17/h7-8,15-19,22,33H,2-6,9-14H2,1H3,(H,27,28)(H,29,30)(H,31,32)/t15?,16?,17?,18?,19?,22-,26-. The lowest BCUT2D eigenvalue weighted by atomic mass is 9.52. The van der Waals surface area contributed by atoms with Gasteiger partial charge in [-0.2, -0.15) is 0 Å². The Balaban J connectivity index is 1.26. The third-order valence-electron chi connectivity index (χ3n) is 8.51. The summed E-state index contributed by atoms with van der Waals surface area (Å²) >= 11 is 1.62. The highest BCUT2D eigenvalue weighted by molar-refractivity contribution is 7.99. The van der Waals surface area contributed by atoms with Gasteiger partial charge in [-0.3, -0.25) is 9.59 Å². The molecule has 5 aliphatic rings. The number of rotatable bonds is 8. The number of amides is 1. The van der Waals surface area contributed by atoms with E-state index in [1.165, 1.54) is 0 Å². The molecule has 4 bridgehead atoms.